The van der Waals surface area contributed by atoms with Gasteiger partial charge in [-0.1, -0.05) is 13.8 Å². The lowest BCUT2D eigenvalue weighted by atomic mass is 10.4. The van der Waals surface area contributed by atoms with Crippen molar-refractivity contribution in [3.63, 3.8) is 0 Å². The number of aryl methyl sites for hydroxylation is 1. The first-order valence-corrected chi connectivity index (χ1v) is 4.90. The van der Waals surface area contributed by atoms with E-state index in [4.69, 9.17) is 0 Å². The van der Waals surface area contributed by atoms with Crippen LogP contribution in [0.4, 0.5) is 4.39 Å². The Morgan fingerprint density at radius 2 is 1.93 bits per heavy atom. The second-order valence-electron chi connectivity index (χ2n) is 2.74. The summed E-state index contributed by atoms with van der Waals surface area (Å²) in [5, 5.41) is 4.14. The topological polar surface area (TPSA) is 30.7 Å². The quantitative estimate of drug-likeness (QED) is 0.719. The highest BCUT2D eigenvalue weighted by Crippen LogP contribution is 2.04. The number of nitrogens with zero attached hydrogens (tertiary/aromatic N) is 3. The van der Waals surface area contributed by atoms with E-state index in [1.807, 2.05) is 26.8 Å². The molecule has 3 nitrogen and oxygen atoms in total. The maximum Gasteiger partial charge on any atom is 0.153 e. The van der Waals surface area contributed by atoms with Crippen molar-refractivity contribution in [3.8, 4) is 5.82 Å². The molecule has 0 aliphatic carbocycles. The molecule has 0 N–H and O–H groups in total. The molecule has 0 aromatic carbocycles. The summed E-state index contributed by atoms with van der Waals surface area (Å²) in [4.78, 5) is 3.89. The molecule has 0 aliphatic heterocycles. The Morgan fingerprint density at radius 1 is 1.20 bits per heavy atom. The Bertz CT molecular complexity index is 406. The van der Waals surface area contributed by atoms with E-state index in [0.717, 1.165) is 5.69 Å². The highest BCUT2D eigenvalue weighted by atomic mass is 19.1. The van der Waals surface area contributed by atoms with Crippen LogP contribution in [-0.4, -0.2) is 14.8 Å². The fourth-order valence-electron chi connectivity index (χ4n) is 1.05. The molecule has 0 amide bonds. The average Bonchev–Trinajstić information content (AvgIpc) is 2.69. The fraction of sp³-hybridized carbons (Fsp3) is 0.273. The van der Waals surface area contributed by atoms with E-state index < -0.39 is 0 Å². The summed E-state index contributed by atoms with van der Waals surface area (Å²) in [6.45, 7) is 5.89. The lowest BCUT2D eigenvalue weighted by Crippen LogP contribution is -1.97. The highest BCUT2D eigenvalue weighted by Gasteiger charge is 1.98. The summed E-state index contributed by atoms with van der Waals surface area (Å²) in [7, 11) is 0. The SMILES string of the molecule is CC.Cc1ccn(-c2ccc(F)cn2)n1. The molecule has 2 heterocycles. The van der Waals surface area contributed by atoms with Crippen molar-refractivity contribution in [2.75, 3.05) is 0 Å². The molecule has 0 saturated heterocycles. The molecule has 4 heteroatoms. The zero-order chi connectivity index (χ0) is 11.3. The van der Waals surface area contributed by atoms with E-state index in [1.54, 1.807) is 16.9 Å². The predicted octanol–water partition coefficient (Wildman–Crippen LogP) is 2.74. The predicted molar refractivity (Wildman–Crippen MR) is 57.4 cm³/mol. The van der Waals surface area contributed by atoms with Gasteiger partial charge in [-0.25, -0.2) is 14.1 Å². The molecule has 15 heavy (non-hydrogen) atoms. The van der Waals surface area contributed by atoms with Gasteiger partial charge in [0.25, 0.3) is 0 Å². The van der Waals surface area contributed by atoms with Crippen molar-refractivity contribution in [2.45, 2.75) is 20.8 Å². The first-order valence-electron chi connectivity index (χ1n) is 4.90. The number of rotatable bonds is 1. The van der Waals surface area contributed by atoms with Gasteiger partial charge in [-0.05, 0) is 25.1 Å². The van der Waals surface area contributed by atoms with Crippen LogP contribution in [0.5, 0.6) is 0 Å². The van der Waals surface area contributed by atoms with E-state index in [1.165, 1.54) is 12.3 Å². The molecule has 0 aliphatic rings. The summed E-state index contributed by atoms with van der Waals surface area (Å²) >= 11 is 0. The Labute approximate surface area is 88.6 Å². The van der Waals surface area contributed by atoms with Crippen molar-refractivity contribution in [1.82, 2.24) is 14.8 Å². The third kappa shape index (κ3) is 2.87. The van der Waals surface area contributed by atoms with Gasteiger partial charge in [-0.2, -0.15) is 5.10 Å². The molecule has 0 unspecified atom stereocenters. The van der Waals surface area contributed by atoms with Crippen LogP contribution in [-0.2, 0) is 0 Å². The van der Waals surface area contributed by atoms with Crippen molar-refractivity contribution < 1.29 is 4.39 Å². The summed E-state index contributed by atoms with van der Waals surface area (Å²) < 4.78 is 14.1. The van der Waals surface area contributed by atoms with Gasteiger partial charge in [0, 0.05) is 6.20 Å². The Kier molecular flexibility index (Phi) is 3.97. The number of hydrogen-bond donors (Lipinski definition) is 0. The second kappa shape index (κ2) is 5.24. The average molecular weight is 207 g/mol. The first kappa shape index (κ1) is 11.4. The summed E-state index contributed by atoms with van der Waals surface area (Å²) in [6.07, 6.45) is 2.96. The lowest BCUT2D eigenvalue weighted by Gasteiger charge is -1.98. The fourth-order valence-corrected chi connectivity index (χ4v) is 1.05. The molecule has 0 atom stereocenters. The monoisotopic (exact) mass is 207 g/mol. The van der Waals surface area contributed by atoms with Crippen molar-refractivity contribution in [2.24, 2.45) is 0 Å². The Balaban J connectivity index is 0.000000531. The van der Waals surface area contributed by atoms with Crippen LogP contribution in [0.15, 0.2) is 30.6 Å². The summed E-state index contributed by atoms with van der Waals surface area (Å²) in [5.41, 5.74) is 0.908. The third-order valence-corrected chi connectivity index (χ3v) is 1.67. The van der Waals surface area contributed by atoms with Gasteiger partial charge in [0.1, 0.15) is 5.82 Å². The molecule has 2 aromatic heterocycles. The standard InChI is InChI=1S/C9H8FN3.C2H6/c1-7-4-5-13(12-7)9-3-2-8(10)6-11-9;1-2/h2-6H,1H3;1-2H3. The zero-order valence-electron chi connectivity index (χ0n) is 9.11. The van der Waals surface area contributed by atoms with Gasteiger partial charge >= 0.3 is 0 Å². The maximum absolute atomic E-state index is 12.5. The largest absolute Gasteiger partial charge is 0.234 e. The van der Waals surface area contributed by atoms with Gasteiger partial charge < -0.3 is 0 Å². The van der Waals surface area contributed by atoms with Gasteiger partial charge in [0.15, 0.2) is 5.82 Å². The van der Waals surface area contributed by atoms with Gasteiger partial charge in [0.2, 0.25) is 0 Å². The number of halogens is 1. The van der Waals surface area contributed by atoms with Crippen molar-refractivity contribution >= 4 is 0 Å². The first-order chi connectivity index (χ1) is 7.25. The van der Waals surface area contributed by atoms with Gasteiger partial charge in [-0.15, -0.1) is 0 Å². The number of hydrogen-bond acceptors (Lipinski definition) is 2. The van der Waals surface area contributed by atoms with Gasteiger partial charge in [0.05, 0.1) is 11.9 Å². The minimum Gasteiger partial charge on any atom is -0.234 e. The molecular formula is C11H14FN3. The van der Waals surface area contributed by atoms with Crippen LogP contribution in [0.3, 0.4) is 0 Å². The van der Waals surface area contributed by atoms with Crippen LogP contribution in [0.25, 0.3) is 5.82 Å². The van der Waals surface area contributed by atoms with E-state index in [-0.39, 0.29) is 5.82 Å². The molecule has 0 bridgehead atoms. The Morgan fingerprint density at radius 3 is 2.40 bits per heavy atom. The highest BCUT2D eigenvalue weighted by molar-refractivity contribution is 5.21. The van der Waals surface area contributed by atoms with Crippen LogP contribution in [0.1, 0.15) is 19.5 Å². The van der Waals surface area contributed by atoms with Gasteiger partial charge in [-0.3, -0.25) is 0 Å². The van der Waals surface area contributed by atoms with Crippen LogP contribution in [0.2, 0.25) is 0 Å². The molecular weight excluding hydrogens is 193 g/mol. The molecule has 2 rings (SSSR count). The van der Waals surface area contributed by atoms with E-state index in [9.17, 15) is 4.39 Å². The minimum atomic E-state index is -0.340. The second-order valence-corrected chi connectivity index (χ2v) is 2.74. The molecule has 0 fully saturated rings. The van der Waals surface area contributed by atoms with Crippen molar-refractivity contribution in [1.29, 1.82) is 0 Å². The zero-order valence-corrected chi connectivity index (χ0v) is 9.11. The van der Waals surface area contributed by atoms with E-state index >= 15 is 0 Å². The van der Waals surface area contributed by atoms with E-state index in [2.05, 4.69) is 10.1 Å². The van der Waals surface area contributed by atoms with Crippen LogP contribution in [0, 0.1) is 12.7 Å². The number of pyridine rings is 1. The van der Waals surface area contributed by atoms with Crippen LogP contribution < -0.4 is 0 Å². The maximum atomic E-state index is 12.5. The third-order valence-electron chi connectivity index (χ3n) is 1.67. The smallest absolute Gasteiger partial charge is 0.153 e. The van der Waals surface area contributed by atoms with Crippen LogP contribution >= 0.6 is 0 Å². The Hall–Kier alpha value is -1.71. The normalized spacial score (nSPS) is 9.33. The summed E-state index contributed by atoms with van der Waals surface area (Å²) in [6, 6.07) is 4.81. The lowest BCUT2D eigenvalue weighted by molar-refractivity contribution is 0.619. The molecule has 0 saturated carbocycles. The molecule has 80 valence electrons. The molecule has 0 spiro atoms. The summed E-state index contributed by atoms with van der Waals surface area (Å²) in [5.74, 6) is 0.280. The number of aromatic nitrogens is 3. The van der Waals surface area contributed by atoms with E-state index in [0.29, 0.717) is 5.82 Å². The molecule has 2 aromatic rings. The molecule has 0 radical (unpaired) electrons. The minimum absolute atomic E-state index is 0.340. The van der Waals surface area contributed by atoms with Crippen molar-refractivity contribution in [3.05, 3.63) is 42.1 Å².